The number of hydrogen-bond donors (Lipinski definition) is 2. The van der Waals surface area contributed by atoms with Crippen molar-refractivity contribution in [3.8, 4) is 0 Å². The smallest absolute Gasteiger partial charge is 0.0897 e. The quantitative estimate of drug-likeness (QED) is 0.447. The molecule has 3 heteroatoms. The van der Waals surface area contributed by atoms with Crippen LogP contribution in [0.1, 0.15) is 79.1 Å². The Balaban J connectivity index is 3.43. The van der Waals surface area contributed by atoms with E-state index in [-0.39, 0.29) is 6.10 Å². The number of unbranched alkanes of at least 4 members (excludes halogenated alkanes) is 5. The Morgan fingerprint density at radius 2 is 1.57 bits per heavy atom. The average Bonchev–Trinajstić information content (AvgIpc) is 2.49. The molecule has 0 spiro atoms. The van der Waals surface area contributed by atoms with Gasteiger partial charge in [-0.25, -0.2) is 0 Å². The highest BCUT2D eigenvalue weighted by Gasteiger charge is 2.14. The minimum Gasteiger partial charge on any atom is -0.389 e. The fraction of sp³-hybridized carbons (Fsp3) is 1.00. The lowest BCUT2D eigenvalue weighted by molar-refractivity contribution is 0.0333. The second-order valence-electron chi connectivity index (χ2n) is 6.27. The van der Waals surface area contributed by atoms with Crippen LogP contribution in [0.25, 0.3) is 0 Å². The predicted octanol–water partition coefficient (Wildman–Crippen LogP) is 4.14. The summed E-state index contributed by atoms with van der Waals surface area (Å²) in [5.41, 5.74) is 0. The summed E-state index contributed by atoms with van der Waals surface area (Å²) >= 11 is 0. The van der Waals surface area contributed by atoms with Gasteiger partial charge in [-0.3, -0.25) is 0 Å². The first kappa shape index (κ1) is 20.9. The number of nitrogens with one attached hydrogen (secondary N) is 1. The normalized spacial score (nSPS) is 14.6. The molecule has 3 nitrogen and oxygen atoms in total. The van der Waals surface area contributed by atoms with E-state index in [1.807, 2.05) is 0 Å². The first-order chi connectivity index (χ1) is 10.2. The SMILES string of the molecule is CCCCCCCCOCC(O)CNC(C)C(CC)CC. The molecule has 0 saturated carbocycles. The topological polar surface area (TPSA) is 41.5 Å². The first-order valence-corrected chi connectivity index (χ1v) is 9.14. The molecule has 0 amide bonds. The molecule has 0 aliphatic rings. The maximum atomic E-state index is 9.91. The summed E-state index contributed by atoms with van der Waals surface area (Å²) in [6.07, 6.45) is 9.66. The maximum absolute atomic E-state index is 9.91. The molecule has 2 atom stereocenters. The van der Waals surface area contributed by atoms with Gasteiger partial charge in [0.15, 0.2) is 0 Å². The van der Waals surface area contributed by atoms with Gasteiger partial charge in [-0.2, -0.15) is 0 Å². The molecule has 0 fully saturated rings. The highest BCUT2D eigenvalue weighted by Crippen LogP contribution is 2.12. The molecule has 2 N–H and O–H groups in total. The summed E-state index contributed by atoms with van der Waals surface area (Å²) in [6.45, 7) is 10.8. The predicted molar refractivity (Wildman–Crippen MR) is 91.7 cm³/mol. The van der Waals surface area contributed by atoms with Crippen molar-refractivity contribution < 1.29 is 9.84 Å². The highest BCUT2D eigenvalue weighted by atomic mass is 16.5. The summed E-state index contributed by atoms with van der Waals surface area (Å²) in [5.74, 6) is 0.696. The van der Waals surface area contributed by atoms with Crippen molar-refractivity contribution in [2.75, 3.05) is 19.8 Å². The molecule has 0 aliphatic carbocycles. The number of aliphatic hydroxyl groups excluding tert-OH is 1. The minimum absolute atomic E-state index is 0.387. The molecule has 0 radical (unpaired) electrons. The van der Waals surface area contributed by atoms with Crippen molar-refractivity contribution >= 4 is 0 Å². The van der Waals surface area contributed by atoms with Crippen LogP contribution in [-0.2, 0) is 4.74 Å². The molecule has 0 saturated heterocycles. The van der Waals surface area contributed by atoms with Gasteiger partial charge < -0.3 is 15.2 Å². The summed E-state index contributed by atoms with van der Waals surface area (Å²) in [6, 6.07) is 0.466. The van der Waals surface area contributed by atoms with E-state index in [1.54, 1.807) is 0 Å². The van der Waals surface area contributed by atoms with Crippen LogP contribution in [0.4, 0.5) is 0 Å². The lowest BCUT2D eigenvalue weighted by Crippen LogP contribution is -2.39. The van der Waals surface area contributed by atoms with Crippen LogP contribution in [0.2, 0.25) is 0 Å². The molecule has 0 aliphatic heterocycles. The van der Waals surface area contributed by atoms with Crippen molar-refractivity contribution in [3.63, 3.8) is 0 Å². The van der Waals surface area contributed by atoms with Crippen LogP contribution in [0.15, 0.2) is 0 Å². The number of hydrogen-bond acceptors (Lipinski definition) is 3. The van der Waals surface area contributed by atoms with Gasteiger partial charge in [0.1, 0.15) is 0 Å². The lowest BCUT2D eigenvalue weighted by atomic mass is 9.95. The minimum atomic E-state index is -0.387. The molecule has 0 aromatic heterocycles. The van der Waals surface area contributed by atoms with Gasteiger partial charge in [0, 0.05) is 19.2 Å². The molecule has 2 unspecified atom stereocenters. The Hall–Kier alpha value is -0.120. The van der Waals surface area contributed by atoms with Crippen molar-refractivity contribution in [2.45, 2.75) is 91.2 Å². The van der Waals surface area contributed by atoms with E-state index in [2.05, 4.69) is 33.0 Å². The molecule has 0 heterocycles. The molecule has 0 bridgehead atoms. The Labute approximate surface area is 132 Å². The zero-order chi connectivity index (χ0) is 15.9. The molecule has 0 aromatic rings. The van der Waals surface area contributed by atoms with E-state index in [4.69, 9.17) is 4.74 Å². The second kappa shape index (κ2) is 14.8. The van der Waals surface area contributed by atoms with Crippen LogP contribution in [0, 0.1) is 5.92 Å². The van der Waals surface area contributed by atoms with Crippen LogP contribution in [-0.4, -0.2) is 37.0 Å². The Kier molecular flexibility index (Phi) is 14.7. The second-order valence-corrected chi connectivity index (χ2v) is 6.27. The number of rotatable bonds is 15. The Morgan fingerprint density at radius 3 is 2.19 bits per heavy atom. The fourth-order valence-corrected chi connectivity index (χ4v) is 2.75. The third kappa shape index (κ3) is 12.1. The summed E-state index contributed by atoms with van der Waals surface area (Å²) in [7, 11) is 0. The largest absolute Gasteiger partial charge is 0.389 e. The number of ether oxygens (including phenoxy) is 1. The standard InChI is InChI=1S/C18H39NO2/c1-5-8-9-10-11-12-13-21-15-18(20)14-19-16(4)17(6-2)7-3/h16-20H,5-15H2,1-4H3. The van der Waals surface area contributed by atoms with E-state index >= 15 is 0 Å². The van der Waals surface area contributed by atoms with Crippen molar-refractivity contribution in [1.29, 1.82) is 0 Å². The first-order valence-electron chi connectivity index (χ1n) is 9.14. The molecular formula is C18H39NO2. The van der Waals surface area contributed by atoms with Crippen molar-refractivity contribution in [2.24, 2.45) is 5.92 Å². The van der Waals surface area contributed by atoms with E-state index in [0.717, 1.165) is 13.0 Å². The van der Waals surface area contributed by atoms with Gasteiger partial charge in [-0.05, 0) is 19.3 Å². The summed E-state index contributed by atoms with van der Waals surface area (Å²) in [5, 5.41) is 13.3. The van der Waals surface area contributed by atoms with E-state index in [1.165, 1.54) is 44.9 Å². The molecule has 128 valence electrons. The van der Waals surface area contributed by atoms with Crippen LogP contribution in [0.3, 0.4) is 0 Å². The van der Waals surface area contributed by atoms with Gasteiger partial charge >= 0.3 is 0 Å². The Bertz CT molecular complexity index is 207. The molecule has 21 heavy (non-hydrogen) atoms. The monoisotopic (exact) mass is 301 g/mol. The van der Waals surface area contributed by atoms with Gasteiger partial charge in [0.2, 0.25) is 0 Å². The van der Waals surface area contributed by atoms with Crippen LogP contribution < -0.4 is 5.32 Å². The zero-order valence-electron chi connectivity index (χ0n) is 14.9. The van der Waals surface area contributed by atoms with Gasteiger partial charge in [-0.1, -0.05) is 65.7 Å². The third-order valence-electron chi connectivity index (χ3n) is 4.38. The Morgan fingerprint density at radius 1 is 0.952 bits per heavy atom. The van der Waals surface area contributed by atoms with E-state index < -0.39 is 0 Å². The average molecular weight is 302 g/mol. The van der Waals surface area contributed by atoms with Crippen LogP contribution >= 0.6 is 0 Å². The van der Waals surface area contributed by atoms with Gasteiger partial charge in [0.25, 0.3) is 0 Å². The molecule has 0 rings (SSSR count). The lowest BCUT2D eigenvalue weighted by Gasteiger charge is -2.24. The fourth-order valence-electron chi connectivity index (χ4n) is 2.75. The van der Waals surface area contributed by atoms with Gasteiger partial charge in [-0.15, -0.1) is 0 Å². The summed E-state index contributed by atoms with van der Waals surface area (Å²) in [4.78, 5) is 0. The van der Waals surface area contributed by atoms with Gasteiger partial charge in [0.05, 0.1) is 12.7 Å². The van der Waals surface area contributed by atoms with E-state index in [0.29, 0.717) is 25.1 Å². The highest BCUT2D eigenvalue weighted by molar-refractivity contribution is 4.71. The van der Waals surface area contributed by atoms with Crippen molar-refractivity contribution in [3.05, 3.63) is 0 Å². The zero-order valence-corrected chi connectivity index (χ0v) is 14.9. The molecular weight excluding hydrogens is 262 g/mol. The maximum Gasteiger partial charge on any atom is 0.0897 e. The number of aliphatic hydroxyl groups is 1. The van der Waals surface area contributed by atoms with E-state index in [9.17, 15) is 5.11 Å². The van der Waals surface area contributed by atoms with Crippen LogP contribution in [0.5, 0.6) is 0 Å². The molecule has 0 aromatic carbocycles. The summed E-state index contributed by atoms with van der Waals surface area (Å²) < 4.78 is 5.56. The van der Waals surface area contributed by atoms with Crippen molar-refractivity contribution in [1.82, 2.24) is 5.32 Å². The third-order valence-corrected chi connectivity index (χ3v) is 4.38.